The van der Waals surface area contributed by atoms with Gasteiger partial charge in [0.2, 0.25) is 0 Å². The van der Waals surface area contributed by atoms with Gasteiger partial charge in [-0.05, 0) is 5.56 Å². The molecule has 0 saturated heterocycles. The first kappa shape index (κ1) is 11.4. The Labute approximate surface area is 107 Å². The molecule has 1 atom stereocenters. The minimum Gasteiger partial charge on any atom is -0.336 e. The lowest BCUT2D eigenvalue weighted by atomic mass is 10.1. The second kappa shape index (κ2) is 4.55. The molecule has 18 heavy (non-hydrogen) atoms. The fraction of sp³-hybridized carbons (Fsp3) is 0.357. The molecule has 4 heteroatoms. The Bertz CT molecular complexity index is 532. The van der Waals surface area contributed by atoms with Gasteiger partial charge in [0.1, 0.15) is 0 Å². The topological polar surface area (TPSA) is 47.1 Å². The lowest BCUT2D eigenvalue weighted by Gasteiger charge is -2.30. The standard InChI is InChI=1S/C14H18N4/c1-17-10-16-14-12(15)8-18(9-13(14)17)7-11-5-3-2-4-6-11/h2-6,10,12H,7-9,15H2,1H3. The molecule has 1 unspecified atom stereocenters. The highest BCUT2D eigenvalue weighted by atomic mass is 15.2. The molecule has 0 saturated carbocycles. The molecule has 1 aromatic heterocycles. The Hall–Kier alpha value is -1.65. The summed E-state index contributed by atoms with van der Waals surface area (Å²) in [5.74, 6) is 0. The van der Waals surface area contributed by atoms with E-state index in [2.05, 4.69) is 38.7 Å². The van der Waals surface area contributed by atoms with Gasteiger partial charge >= 0.3 is 0 Å². The number of imidazole rings is 1. The van der Waals surface area contributed by atoms with Crippen LogP contribution in [0, 0.1) is 0 Å². The molecule has 94 valence electrons. The van der Waals surface area contributed by atoms with Crippen LogP contribution in [0.25, 0.3) is 0 Å². The Balaban J connectivity index is 1.79. The third-order valence-corrected chi connectivity index (χ3v) is 3.52. The summed E-state index contributed by atoms with van der Waals surface area (Å²) < 4.78 is 2.08. The summed E-state index contributed by atoms with van der Waals surface area (Å²) in [6.07, 6.45) is 1.86. The SMILES string of the molecule is Cn1cnc2c1CN(Cc1ccccc1)CC2N. The van der Waals surface area contributed by atoms with Crippen LogP contribution in [0.2, 0.25) is 0 Å². The average Bonchev–Trinajstić information content (AvgIpc) is 2.73. The predicted molar refractivity (Wildman–Crippen MR) is 70.7 cm³/mol. The van der Waals surface area contributed by atoms with Gasteiger partial charge in [-0.1, -0.05) is 30.3 Å². The molecule has 0 aliphatic carbocycles. The molecular formula is C14H18N4. The van der Waals surface area contributed by atoms with Crippen LogP contribution >= 0.6 is 0 Å². The van der Waals surface area contributed by atoms with Gasteiger partial charge in [0, 0.05) is 26.7 Å². The molecule has 2 heterocycles. The number of aromatic nitrogens is 2. The molecule has 0 amide bonds. The van der Waals surface area contributed by atoms with Gasteiger partial charge < -0.3 is 10.3 Å². The molecule has 1 aliphatic heterocycles. The van der Waals surface area contributed by atoms with Gasteiger partial charge in [-0.3, -0.25) is 4.90 Å². The summed E-state index contributed by atoms with van der Waals surface area (Å²) >= 11 is 0. The number of hydrogen-bond acceptors (Lipinski definition) is 3. The zero-order chi connectivity index (χ0) is 12.5. The van der Waals surface area contributed by atoms with Crippen LogP contribution in [0.4, 0.5) is 0 Å². The highest BCUT2D eigenvalue weighted by molar-refractivity contribution is 5.21. The van der Waals surface area contributed by atoms with Crippen molar-refractivity contribution in [2.75, 3.05) is 6.54 Å². The van der Waals surface area contributed by atoms with Crippen molar-refractivity contribution in [2.24, 2.45) is 12.8 Å². The summed E-state index contributed by atoms with van der Waals surface area (Å²) in [4.78, 5) is 6.77. The molecule has 0 fully saturated rings. The normalized spacial score (nSPS) is 19.8. The number of benzene rings is 1. The van der Waals surface area contributed by atoms with Gasteiger partial charge in [0.15, 0.2) is 0 Å². The Morgan fingerprint density at radius 2 is 2.11 bits per heavy atom. The summed E-state index contributed by atoms with van der Waals surface area (Å²) in [6, 6.07) is 10.5. The third kappa shape index (κ3) is 2.05. The third-order valence-electron chi connectivity index (χ3n) is 3.52. The van der Waals surface area contributed by atoms with Crippen molar-refractivity contribution in [1.29, 1.82) is 0 Å². The smallest absolute Gasteiger partial charge is 0.0950 e. The van der Waals surface area contributed by atoms with Gasteiger partial charge in [0.05, 0.1) is 23.8 Å². The first-order chi connectivity index (χ1) is 8.74. The zero-order valence-electron chi connectivity index (χ0n) is 10.6. The fourth-order valence-corrected chi connectivity index (χ4v) is 2.58. The van der Waals surface area contributed by atoms with Crippen molar-refractivity contribution in [3.8, 4) is 0 Å². The predicted octanol–water partition coefficient (Wildman–Crippen LogP) is 1.44. The Morgan fingerprint density at radius 3 is 2.89 bits per heavy atom. The molecule has 4 nitrogen and oxygen atoms in total. The van der Waals surface area contributed by atoms with E-state index >= 15 is 0 Å². The highest BCUT2D eigenvalue weighted by Gasteiger charge is 2.25. The summed E-state index contributed by atoms with van der Waals surface area (Å²) in [6.45, 7) is 2.74. The van der Waals surface area contributed by atoms with E-state index in [0.29, 0.717) is 0 Å². The Kier molecular flexibility index (Phi) is 2.89. The van der Waals surface area contributed by atoms with Crippen molar-refractivity contribution >= 4 is 0 Å². The lowest BCUT2D eigenvalue weighted by molar-refractivity contribution is 0.216. The van der Waals surface area contributed by atoms with E-state index in [4.69, 9.17) is 5.73 Å². The fourth-order valence-electron chi connectivity index (χ4n) is 2.58. The molecule has 1 aromatic carbocycles. The van der Waals surface area contributed by atoms with E-state index in [1.807, 2.05) is 19.4 Å². The maximum atomic E-state index is 6.19. The zero-order valence-corrected chi connectivity index (χ0v) is 10.6. The second-order valence-corrected chi connectivity index (χ2v) is 4.95. The maximum absolute atomic E-state index is 6.19. The Morgan fingerprint density at radius 1 is 1.33 bits per heavy atom. The van der Waals surface area contributed by atoms with E-state index in [0.717, 1.165) is 25.3 Å². The van der Waals surface area contributed by atoms with Crippen molar-refractivity contribution in [3.05, 3.63) is 53.6 Å². The van der Waals surface area contributed by atoms with Crippen molar-refractivity contribution in [2.45, 2.75) is 19.1 Å². The van der Waals surface area contributed by atoms with Crippen molar-refractivity contribution in [3.63, 3.8) is 0 Å². The molecule has 0 spiro atoms. The van der Waals surface area contributed by atoms with Crippen LogP contribution in [0.1, 0.15) is 23.0 Å². The van der Waals surface area contributed by atoms with Crippen LogP contribution in [-0.4, -0.2) is 21.0 Å². The molecule has 2 N–H and O–H groups in total. The van der Waals surface area contributed by atoms with Gasteiger partial charge in [-0.15, -0.1) is 0 Å². The maximum Gasteiger partial charge on any atom is 0.0950 e. The molecule has 0 bridgehead atoms. The number of nitrogens with two attached hydrogens (primary N) is 1. The molecule has 1 aliphatic rings. The van der Waals surface area contributed by atoms with Gasteiger partial charge in [-0.2, -0.15) is 0 Å². The first-order valence-corrected chi connectivity index (χ1v) is 6.26. The van der Waals surface area contributed by atoms with Gasteiger partial charge in [-0.25, -0.2) is 4.98 Å². The molecule has 0 radical (unpaired) electrons. The number of aryl methyl sites for hydroxylation is 1. The van der Waals surface area contributed by atoms with Crippen molar-refractivity contribution < 1.29 is 0 Å². The van der Waals surface area contributed by atoms with Crippen LogP contribution in [-0.2, 0) is 20.1 Å². The number of hydrogen-bond donors (Lipinski definition) is 1. The lowest BCUT2D eigenvalue weighted by Crippen LogP contribution is -2.37. The van der Waals surface area contributed by atoms with E-state index in [1.54, 1.807) is 0 Å². The summed E-state index contributed by atoms with van der Waals surface area (Å²) in [5, 5.41) is 0. The highest BCUT2D eigenvalue weighted by Crippen LogP contribution is 2.24. The number of rotatable bonds is 2. The molecular weight excluding hydrogens is 224 g/mol. The molecule has 2 aromatic rings. The minimum absolute atomic E-state index is 0.0265. The monoisotopic (exact) mass is 242 g/mol. The summed E-state index contributed by atoms with van der Waals surface area (Å²) in [5.41, 5.74) is 9.81. The van der Waals surface area contributed by atoms with E-state index in [9.17, 15) is 0 Å². The number of nitrogens with zero attached hydrogens (tertiary/aromatic N) is 3. The minimum atomic E-state index is 0.0265. The van der Waals surface area contributed by atoms with Crippen LogP contribution < -0.4 is 5.73 Å². The average molecular weight is 242 g/mol. The van der Waals surface area contributed by atoms with Crippen LogP contribution in [0.3, 0.4) is 0 Å². The van der Waals surface area contributed by atoms with Gasteiger partial charge in [0.25, 0.3) is 0 Å². The number of fused-ring (bicyclic) bond motifs is 1. The van der Waals surface area contributed by atoms with Crippen LogP contribution in [0.5, 0.6) is 0 Å². The van der Waals surface area contributed by atoms with E-state index in [-0.39, 0.29) is 6.04 Å². The van der Waals surface area contributed by atoms with Crippen LogP contribution in [0.15, 0.2) is 36.7 Å². The summed E-state index contributed by atoms with van der Waals surface area (Å²) in [7, 11) is 2.03. The second-order valence-electron chi connectivity index (χ2n) is 4.95. The first-order valence-electron chi connectivity index (χ1n) is 6.26. The molecule has 3 rings (SSSR count). The largest absolute Gasteiger partial charge is 0.336 e. The quantitative estimate of drug-likeness (QED) is 0.866. The van der Waals surface area contributed by atoms with Crippen molar-refractivity contribution in [1.82, 2.24) is 14.5 Å². The van der Waals surface area contributed by atoms with E-state index < -0.39 is 0 Å². The van der Waals surface area contributed by atoms with E-state index in [1.165, 1.54) is 11.3 Å².